The average molecular weight is 498 g/mol. The lowest BCUT2D eigenvalue weighted by Crippen LogP contribution is -2.38. The van der Waals surface area contributed by atoms with Crippen LogP contribution in [0, 0.1) is 5.92 Å². The van der Waals surface area contributed by atoms with Crippen molar-refractivity contribution in [1.29, 1.82) is 0 Å². The number of benzene rings is 2. The van der Waals surface area contributed by atoms with Gasteiger partial charge in [0.25, 0.3) is 6.01 Å². The molecule has 0 bridgehead atoms. The molecule has 174 valence electrons. The van der Waals surface area contributed by atoms with Crippen LogP contribution in [0.5, 0.6) is 6.01 Å². The van der Waals surface area contributed by atoms with Crippen molar-refractivity contribution >= 4 is 38.6 Å². The molecule has 5 rings (SSSR count). The Hall–Kier alpha value is -3.43. The summed E-state index contributed by atoms with van der Waals surface area (Å²) >= 11 is 6.49. The van der Waals surface area contributed by atoms with Gasteiger partial charge in [0.05, 0.1) is 27.0 Å². The van der Waals surface area contributed by atoms with Crippen molar-refractivity contribution in [3.63, 3.8) is 0 Å². The average Bonchev–Trinajstić information content (AvgIpc) is 3.16. The molecule has 0 radical (unpaired) electrons. The second kappa shape index (κ2) is 8.41. The van der Waals surface area contributed by atoms with Gasteiger partial charge >= 0.3 is 5.97 Å². The third-order valence-corrected chi connectivity index (χ3v) is 7.32. The van der Waals surface area contributed by atoms with Crippen LogP contribution in [0.1, 0.15) is 12.8 Å². The lowest BCUT2D eigenvalue weighted by molar-refractivity contribution is -0.148. The lowest BCUT2D eigenvalue weighted by Gasteiger charge is -2.31. The van der Waals surface area contributed by atoms with Gasteiger partial charge in [-0.3, -0.25) is 4.79 Å². The van der Waals surface area contributed by atoms with Gasteiger partial charge in [-0.2, -0.15) is 4.98 Å². The van der Waals surface area contributed by atoms with E-state index in [0.29, 0.717) is 34.7 Å². The molecule has 1 aliphatic rings. The van der Waals surface area contributed by atoms with Crippen LogP contribution >= 0.6 is 11.6 Å². The first-order valence-corrected chi connectivity index (χ1v) is 12.8. The fourth-order valence-electron chi connectivity index (χ4n) is 3.89. The molecule has 1 saturated carbocycles. The Labute approximate surface area is 200 Å². The van der Waals surface area contributed by atoms with Crippen molar-refractivity contribution in [2.45, 2.75) is 23.8 Å². The van der Waals surface area contributed by atoms with Crippen LogP contribution in [0.2, 0.25) is 5.02 Å². The normalized spacial score (nSPS) is 17.9. The van der Waals surface area contributed by atoms with Gasteiger partial charge in [0.1, 0.15) is 6.10 Å². The number of hydrogen-bond acceptors (Lipinski definition) is 6. The minimum Gasteiger partial charge on any atom is -0.481 e. The Morgan fingerprint density at radius 2 is 1.62 bits per heavy atom. The second-order valence-electron chi connectivity index (χ2n) is 8.35. The van der Waals surface area contributed by atoms with Gasteiger partial charge in [0.15, 0.2) is 15.5 Å². The number of ether oxygens (including phenoxy) is 1. The molecule has 0 spiro atoms. The van der Waals surface area contributed by atoms with Gasteiger partial charge in [-0.1, -0.05) is 48.0 Å². The number of nitrogens with zero attached hydrogens (tertiary/aromatic N) is 2. The van der Waals surface area contributed by atoms with Crippen molar-refractivity contribution < 1.29 is 23.1 Å². The number of hydrogen-bond donors (Lipinski definition) is 2. The molecule has 0 aliphatic heterocycles. The van der Waals surface area contributed by atoms with E-state index in [1.54, 1.807) is 30.3 Å². The maximum absolute atomic E-state index is 11.7. The van der Waals surface area contributed by atoms with E-state index >= 15 is 0 Å². The SMILES string of the molecule is CS(=O)(=O)c1ccc(-c2ccc(-c3nc4nc(O[C@H]5C[C@@H](C(=O)O)C5)[nH]c4cc3Cl)cc2)cc1. The molecule has 0 amide bonds. The molecule has 0 saturated heterocycles. The molecule has 1 aliphatic carbocycles. The number of carboxylic acids is 1. The number of nitrogens with one attached hydrogen (secondary N) is 1. The largest absolute Gasteiger partial charge is 0.481 e. The topological polar surface area (TPSA) is 122 Å². The number of halogens is 1. The summed E-state index contributed by atoms with van der Waals surface area (Å²) in [4.78, 5) is 23.2. The Bertz CT molecular complexity index is 1490. The minimum absolute atomic E-state index is 0.185. The van der Waals surface area contributed by atoms with Crippen LogP contribution in [0.15, 0.2) is 59.5 Å². The molecule has 2 heterocycles. The van der Waals surface area contributed by atoms with E-state index in [4.69, 9.17) is 21.4 Å². The Morgan fingerprint density at radius 3 is 2.21 bits per heavy atom. The monoisotopic (exact) mass is 497 g/mol. The number of sulfone groups is 1. The fraction of sp³-hybridized carbons (Fsp3) is 0.208. The van der Waals surface area contributed by atoms with E-state index in [1.165, 1.54) is 6.26 Å². The van der Waals surface area contributed by atoms with E-state index < -0.39 is 15.8 Å². The molecular weight excluding hydrogens is 478 g/mol. The molecule has 4 aromatic rings. The van der Waals surface area contributed by atoms with E-state index in [9.17, 15) is 13.2 Å². The Morgan fingerprint density at radius 1 is 1.03 bits per heavy atom. The van der Waals surface area contributed by atoms with Gasteiger partial charge in [0.2, 0.25) is 0 Å². The van der Waals surface area contributed by atoms with E-state index in [-0.39, 0.29) is 22.9 Å². The zero-order valence-electron chi connectivity index (χ0n) is 18.0. The highest BCUT2D eigenvalue weighted by atomic mass is 35.5. The van der Waals surface area contributed by atoms with Crippen LogP contribution < -0.4 is 4.74 Å². The zero-order valence-corrected chi connectivity index (χ0v) is 19.6. The number of aromatic nitrogens is 3. The van der Waals surface area contributed by atoms with E-state index in [1.807, 2.05) is 24.3 Å². The molecule has 8 nitrogen and oxygen atoms in total. The first kappa shape index (κ1) is 22.4. The maximum atomic E-state index is 11.7. The number of aliphatic carboxylic acids is 1. The molecule has 0 atom stereocenters. The van der Waals surface area contributed by atoms with Crippen LogP contribution in [-0.2, 0) is 14.6 Å². The summed E-state index contributed by atoms with van der Waals surface area (Å²) in [5.74, 6) is -1.17. The number of carbonyl (C=O) groups is 1. The van der Waals surface area contributed by atoms with Gasteiger partial charge in [-0.25, -0.2) is 13.4 Å². The number of pyridine rings is 1. The first-order valence-electron chi connectivity index (χ1n) is 10.5. The number of H-pyrrole nitrogens is 1. The molecule has 2 aromatic heterocycles. The van der Waals surface area contributed by atoms with Gasteiger partial charge in [0, 0.05) is 11.8 Å². The number of imidazole rings is 1. The highest BCUT2D eigenvalue weighted by Gasteiger charge is 2.36. The predicted molar refractivity (Wildman–Crippen MR) is 128 cm³/mol. The summed E-state index contributed by atoms with van der Waals surface area (Å²) in [6, 6.07) is 16.4. The quantitative estimate of drug-likeness (QED) is 0.399. The number of aromatic amines is 1. The molecule has 34 heavy (non-hydrogen) atoms. The lowest BCUT2D eigenvalue weighted by atomic mass is 9.82. The summed E-state index contributed by atoms with van der Waals surface area (Å²) in [6.07, 6.45) is 1.90. The highest BCUT2D eigenvalue weighted by molar-refractivity contribution is 7.90. The van der Waals surface area contributed by atoms with Crippen LogP contribution in [0.3, 0.4) is 0 Å². The standard InChI is InChI=1S/C24H20ClN3O5S/c1-34(31,32)18-8-6-14(7-9-18)13-2-4-15(5-3-13)21-19(25)12-20-22(27-21)28-24(26-20)33-17-10-16(11-17)23(29)30/h2-9,12,16-17H,10-11H2,1H3,(H,29,30)(H,26,27,28)/t16-,17+. The first-order chi connectivity index (χ1) is 16.2. The number of carboxylic acid groups (broad SMARTS) is 1. The van der Waals surface area contributed by atoms with Crippen molar-refractivity contribution in [2.75, 3.05) is 6.26 Å². The third-order valence-electron chi connectivity index (χ3n) is 5.90. The molecule has 0 unspecified atom stereocenters. The van der Waals surface area contributed by atoms with Crippen LogP contribution in [0.4, 0.5) is 0 Å². The predicted octanol–water partition coefficient (Wildman–Crippen LogP) is 4.59. The second-order valence-corrected chi connectivity index (χ2v) is 10.8. The molecule has 2 N–H and O–H groups in total. The summed E-state index contributed by atoms with van der Waals surface area (Å²) < 4.78 is 29.1. The third kappa shape index (κ3) is 4.36. The number of fused-ring (bicyclic) bond motifs is 1. The van der Waals surface area contributed by atoms with Crippen LogP contribution in [0.25, 0.3) is 33.5 Å². The summed E-state index contributed by atoms with van der Waals surface area (Å²) in [7, 11) is -3.24. The van der Waals surface area contributed by atoms with E-state index in [0.717, 1.165) is 16.7 Å². The molecule has 2 aromatic carbocycles. The summed E-state index contributed by atoms with van der Waals surface area (Å²) in [6.45, 7) is 0. The van der Waals surface area contributed by atoms with Gasteiger partial charge in [-0.05, 0) is 42.2 Å². The highest BCUT2D eigenvalue weighted by Crippen LogP contribution is 2.33. The smallest absolute Gasteiger partial charge is 0.306 e. The molecule has 10 heteroatoms. The zero-order chi connectivity index (χ0) is 24.0. The summed E-state index contributed by atoms with van der Waals surface area (Å²) in [5, 5.41) is 9.44. The van der Waals surface area contributed by atoms with Gasteiger partial charge < -0.3 is 14.8 Å². The van der Waals surface area contributed by atoms with Crippen molar-refractivity contribution in [3.05, 3.63) is 59.6 Å². The Kier molecular flexibility index (Phi) is 5.53. The van der Waals surface area contributed by atoms with Crippen molar-refractivity contribution in [2.24, 2.45) is 5.92 Å². The fourth-order valence-corrected chi connectivity index (χ4v) is 4.78. The maximum Gasteiger partial charge on any atom is 0.306 e. The van der Waals surface area contributed by atoms with E-state index in [2.05, 4.69) is 15.0 Å². The number of rotatable bonds is 6. The van der Waals surface area contributed by atoms with Crippen molar-refractivity contribution in [3.8, 4) is 28.4 Å². The minimum atomic E-state index is -3.24. The van der Waals surface area contributed by atoms with Crippen molar-refractivity contribution in [1.82, 2.24) is 15.0 Å². The molecular formula is C24H20ClN3O5S. The van der Waals surface area contributed by atoms with Gasteiger partial charge in [-0.15, -0.1) is 0 Å². The van der Waals surface area contributed by atoms with Crippen LogP contribution in [-0.4, -0.2) is 46.8 Å². The molecule has 1 fully saturated rings. The Balaban J connectivity index is 1.36. The summed E-state index contributed by atoms with van der Waals surface area (Å²) in [5.41, 5.74) is 4.27.